The molecule has 3 rings (SSSR count). The molecule has 0 radical (unpaired) electrons. The number of allylic oxidation sites excluding steroid dienone is 1. The molecule has 1 saturated heterocycles. The van der Waals surface area contributed by atoms with Crippen LogP contribution < -0.4 is 10.1 Å². The lowest BCUT2D eigenvalue weighted by atomic mass is 9.94. The van der Waals surface area contributed by atoms with Crippen molar-refractivity contribution in [1.29, 1.82) is 0 Å². The lowest BCUT2D eigenvalue weighted by Crippen LogP contribution is -2.34. The fraction of sp³-hybridized carbons (Fsp3) is 0.500. The molecular formula is C30H39F3N2O. The molecule has 6 heteroatoms. The summed E-state index contributed by atoms with van der Waals surface area (Å²) in [4.78, 5) is 4.93. The van der Waals surface area contributed by atoms with Crippen LogP contribution >= 0.6 is 0 Å². The van der Waals surface area contributed by atoms with E-state index in [1.807, 2.05) is 44.2 Å². The standard InChI is InChI=1S/C30H39F3N2O/c1-5-19-36-25-16-11-22(12-17-25)10-13-23-14-15-24(20-26(23)30(31,32)33)27(7-3)35-29(21(4)6-2)28-9-8-18-34-28/h7,11-12,14-17,20-21,28,34H,5-6,8-10,13,18-19H2,1-4H3/b27-7-,35-29?. The van der Waals surface area contributed by atoms with Crippen molar-refractivity contribution in [3.63, 3.8) is 0 Å². The minimum atomic E-state index is -4.43. The molecule has 0 aliphatic carbocycles. The third-order valence-corrected chi connectivity index (χ3v) is 6.85. The Kier molecular flexibility index (Phi) is 10.2. The van der Waals surface area contributed by atoms with Crippen molar-refractivity contribution in [3.05, 3.63) is 70.8 Å². The average molecular weight is 501 g/mol. The van der Waals surface area contributed by atoms with E-state index in [9.17, 15) is 13.2 Å². The zero-order valence-corrected chi connectivity index (χ0v) is 21.9. The molecule has 0 bridgehead atoms. The molecule has 0 aromatic heterocycles. The first-order valence-electron chi connectivity index (χ1n) is 13.2. The number of nitrogens with one attached hydrogen (secondary N) is 1. The highest BCUT2D eigenvalue weighted by Gasteiger charge is 2.34. The third-order valence-electron chi connectivity index (χ3n) is 6.85. The number of rotatable bonds is 11. The number of aryl methyl sites for hydroxylation is 2. The Labute approximate surface area is 213 Å². The van der Waals surface area contributed by atoms with Crippen LogP contribution in [0.3, 0.4) is 0 Å². The van der Waals surface area contributed by atoms with E-state index < -0.39 is 11.7 Å². The van der Waals surface area contributed by atoms with Gasteiger partial charge in [-0.05, 0) is 87.2 Å². The summed E-state index contributed by atoms with van der Waals surface area (Å²) in [6, 6.07) is 12.5. The van der Waals surface area contributed by atoms with Gasteiger partial charge in [-0.3, -0.25) is 4.99 Å². The number of halogens is 3. The first kappa shape index (κ1) is 28.0. The van der Waals surface area contributed by atoms with Gasteiger partial charge in [0.2, 0.25) is 0 Å². The van der Waals surface area contributed by atoms with Crippen LogP contribution in [0.5, 0.6) is 5.75 Å². The molecule has 1 aliphatic heterocycles. The maximum atomic E-state index is 14.1. The second-order valence-corrected chi connectivity index (χ2v) is 9.53. The number of benzene rings is 2. The summed E-state index contributed by atoms with van der Waals surface area (Å²) in [5.41, 5.74) is 2.84. The second kappa shape index (κ2) is 13.1. The number of hydrogen-bond donors (Lipinski definition) is 1. The molecule has 0 amide bonds. The SMILES string of the molecule is C/C=C(\N=C(C(C)CC)C1CCCN1)c1ccc(CCc2ccc(OCCC)cc2)c(C(F)(F)F)c1. The number of nitrogens with zero attached hydrogens (tertiary/aromatic N) is 1. The van der Waals surface area contributed by atoms with Crippen molar-refractivity contribution in [2.75, 3.05) is 13.2 Å². The van der Waals surface area contributed by atoms with Crippen LogP contribution in [-0.4, -0.2) is 24.9 Å². The molecule has 2 aromatic carbocycles. The highest BCUT2D eigenvalue weighted by atomic mass is 19.4. The van der Waals surface area contributed by atoms with E-state index in [1.54, 1.807) is 12.1 Å². The minimum absolute atomic E-state index is 0.190. The lowest BCUT2D eigenvalue weighted by molar-refractivity contribution is -0.138. The normalized spacial score (nSPS) is 17.9. The van der Waals surface area contributed by atoms with E-state index in [4.69, 9.17) is 9.73 Å². The van der Waals surface area contributed by atoms with E-state index in [0.29, 0.717) is 36.3 Å². The molecule has 2 aromatic rings. The zero-order valence-electron chi connectivity index (χ0n) is 21.9. The Morgan fingerprint density at radius 3 is 2.47 bits per heavy atom. The largest absolute Gasteiger partial charge is 0.494 e. The molecule has 1 aliphatic rings. The van der Waals surface area contributed by atoms with Crippen molar-refractivity contribution in [1.82, 2.24) is 5.32 Å². The number of hydrogen-bond acceptors (Lipinski definition) is 3. The van der Waals surface area contributed by atoms with Crippen molar-refractivity contribution < 1.29 is 17.9 Å². The zero-order chi connectivity index (χ0) is 26.1. The van der Waals surface area contributed by atoms with Crippen molar-refractivity contribution >= 4 is 11.4 Å². The van der Waals surface area contributed by atoms with Gasteiger partial charge in [0.1, 0.15) is 5.75 Å². The molecule has 1 N–H and O–H groups in total. The fourth-order valence-electron chi connectivity index (χ4n) is 4.58. The van der Waals surface area contributed by atoms with E-state index >= 15 is 0 Å². The Morgan fingerprint density at radius 2 is 1.89 bits per heavy atom. The molecule has 36 heavy (non-hydrogen) atoms. The summed E-state index contributed by atoms with van der Waals surface area (Å²) >= 11 is 0. The molecular weight excluding hydrogens is 461 g/mol. The van der Waals surface area contributed by atoms with Crippen LogP contribution in [0.4, 0.5) is 13.2 Å². The summed E-state index contributed by atoms with van der Waals surface area (Å²) < 4.78 is 47.9. The summed E-state index contributed by atoms with van der Waals surface area (Å²) in [6.45, 7) is 9.73. The summed E-state index contributed by atoms with van der Waals surface area (Å²) in [5.74, 6) is 1.04. The van der Waals surface area contributed by atoms with E-state index in [2.05, 4.69) is 19.2 Å². The van der Waals surface area contributed by atoms with Gasteiger partial charge in [-0.2, -0.15) is 13.2 Å². The van der Waals surface area contributed by atoms with Gasteiger partial charge < -0.3 is 10.1 Å². The maximum Gasteiger partial charge on any atom is 0.416 e. The highest BCUT2D eigenvalue weighted by molar-refractivity contribution is 5.95. The van der Waals surface area contributed by atoms with Gasteiger partial charge >= 0.3 is 6.18 Å². The Morgan fingerprint density at radius 1 is 1.14 bits per heavy atom. The molecule has 0 spiro atoms. The van der Waals surface area contributed by atoms with Gasteiger partial charge in [-0.25, -0.2) is 0 Å². The van der Waals surface area contributed by atoms with E-state index in [0.717, 1.165) is 49.3 Å². The monoisotopic (exact) mass is 500 g/mol. The molecule has 2 atom stereocenters. The first-order chi connectivity index (χ1) is 17.3. The minimum Gasteiger partial charge on any atom is -0.494 e. The predicted molar refractivity (Wildman–Crippen MR) is 143 cm³/mol. The van der Waals surface area contributed by atoms with Crippen LogP contribution in [0.2, 0.25) is 0 Å². The number of alkyl halides is 3. The summed E-state index contributed by atoms with van der Waals surface area (Å²) in [7, 11) is 0. The molecule has 196 valence electrons. The predicted octanol–water partition coefficient (Wildman–Crippen LogP) is 7.88. The van der Waals surface area contributed by atoms with Gasteiger partial charge in [-0.1, -0.05) is 51.1 Å². The quantitative estimate of drug-likeness (QED) is 0.318. The second-order valence-electron chi connectivity index (χ2n) is 9.53. The van der Waals surface area contributed by atoms with Crippen LogP contribution in [-0.2, 0) is 19.0 Å². The first-order valence-corrected chi connectivity index (χ1v) is 13.2. The Balaban J connectivity index is 1.84. The third kappa shape index (κ3) is 7.45. The average Bonchev–Trinajstić information content (AvgIpc) is 3.41. The van der Waals surface area contributed by atoms with Crippen LogP contribution in [0.25, 0.3) is 5.70 Å². The molecule has 3 nitrogen and oxygen atoms in total. The van der Waals surface area contributed by atoms with Crippen molar-refractivity contribution in [2.45, 2.75) is 78.4 Å². The van der Waals surface area contributed by atoms with Gasteiger partial charge in [-0.15, -0.1) is 0 Å². The fourth-order valence-corrected chi connectivity index (χ4v) is 4.58. The van der Waals surface area contributed by atoms with Gasteiger partial charge in [0.05, 0.1) is 17.9 Å². The molecule has 1 fully saturated rings. The van der Waals surface area contributed by atoms with Gasteiger partial charge in [0.15, 0.2) is 0 Å². The van der Waals surface area contributed by atoms with Crippen LogP contribution in [0, 0.1) is 5.92 Å². The van der Waals surface area contributed by atoms with Crippen LogP contribution in [0.1, 0.15) is 75.6 Å². The van der Waals surface area contributed by atoms with Crippen molar-refractivity contribution in [2.24, 2.45) is 10.9 Å². The molecule has 0 saturated carbocycles. The lowest BCUT2D eigenvalue weighted by Gasteiger charge is -2.21. The topological polar surface area (TPSA) is 33.6 Å². The summed E-state index contributed by atoms with van der Waals surface area (Å²) in [5, 5.41) is 3.50. The van der Waals surface area contributed by atoms with Crippen LogP contribution in [0.15, 0.2) is 53.5 Å². The summed E-state index contributed by atoms with van der Waals surface area (Å²) in [6.07, 6.45) is 2.18. The van der Waals surface area contributed by atoms with Crippen molar-refractivity contribution in [3.8, 4) is 5.75 Å². The van der Waals surface area contributed by atoms with Gasteiger partial charge in [0.25, 0.3) is 0 Å². The van der Waals surface area contributed by atoms with E-state index in [1.165, 1.54) is 6.07 Å². The Bertz CT molecular complexity index is 1040. The van der Waals surface area contributed by atoms with E-state index in [-0.39, 0.29) is 12.0 Å². The maximum absolute atomic E-state index is 14.1. The smallest absolute Gasteiger partial charge is 0.416 e. The number of aliphatic imine (C=N–C) groups is 1. The molecule has 1 heterocycles. The number of ether oxygens (including phenoxy) is 1. The Hall–Kier alpha value is -2.60. The van der Waals surface area contributed by atoms with Gasteiger partial charge in [0, 0.05) is 17.3 Å². The molecule has 2 unspecified atom stereocenters. The highest BCUT2D eigenvalue weighted by Crippen LogP contribution is 2.35.